The predicted molar refractivity (Wildman–Crippen MR) is 63.4 cm³/mol. The average Bonchev–Trinajstić information content (AvgIpc) is 2.28. The maximum atomic E-state index is 5.85. The van der Waals surface area contributed by atoms with E-state index in [0.29, 0.717) is 0 Å². The summed E-state index contributed by atoms with van der Waals surface area (Å²) < 4.78 is 5.85. The molecule has 2 saturated heterocycles. The fourth-order valence-electron chi connectivity index (χ4n) is 2.40. The van der Waals surface area contributed by atoms with Crippen LogP contribution in [0, 0.1) is 0 Å². The monoisotopic (exact) mass is 218 g/mol. The van der Waals surface area contributed by atoms with Crippen molar-refractivity contribution in [1.29, 1.82) is 0 Å². The molecule has 3 rings (SSSR count). The van der Waals surface area contributed by atoms with Crippen LogP contribution in [0.5, 0.6) is 0 Å². The predicted octanol–water partition coefficient (Wildman–Crippen LogP) is 1.03. The molecule has 2 aliphatic heterocycles. The van der Waals surface area contributed by atoms with E-state index in [2.05, 4.69) is 40.5 Å². The van der Waals surface area contributed by atoms with E-state index in [9.17, 15) is 0 Å². The van der Waals surface area contributed by atoms with Gasteiger partial charge in [-0.15, -0.1) is 0 Å². The highest BCUT2D eigenvalue weighted by Crippen LogP contribution is 2.23. The molecule has 2 heterocycles. The van der Waals surface area contributed by atoms with Crippen LogP contribution in [0.4, 0.5) is 0 Å². The topological polar surface area (TPSA) is 24.5 Å². The summed E-state index contributed by atoms with van der Waals surface area (Å²) in [5, 5.41) is 3.33. The summed E-state index contributed by atoms with van der Waals surface area (Å²) >= 11 is 0. The Bertz CT molecular complexity index is 337. The van der Waals surface area contributed by atoms with Crippen molar-refractivity contribution < 1.29 is 4.74 Å². The fourth-order valence-corrected chi connectivity index (χ4v) is 2.40. The summed E-state index contributed by atoms with van der Waals surface area (Å²) in [6.07, 6.45) is 0.260. The van der Waals surface area contributed by atoms with Crippen molar-refractivity contribution in [2.45, 2.75) is 12.1 Å². The molecule has 0 aromatic heterocycles. The van der Waals surface area contributed by atoms with E-state index in [0.717, 1.165) is 38.8 Å². The van der Waals surface area contributed by atoms with Gasteiger partial charge in [-0.05, 0) is 5.56 Å². The van der Waals surface area contributed by atoms with Gasteiger partial charge in [-0.3, -0.25) is 4.90 Å². The van der Waals surface area contributed by atoms with E-state index in [1.165, 1.54) is 5.56 Å². The third-order valence-electron chi connectivity index (χ3n) is 3.55. The van der Waals surface area contributed by atoms with Crippen molar-refractivity contribution in [2.75, 3.05) is 32.8 Å². The van der Waals surface area contributed by atoms with Crippen LogP contribution in [0.3, 0.4) is 0 Å². The fraction of sp³-hybridized carbons (Fsp3) is 0.538. The molecule has 2 aliphatic rings. The molecular weight excluding hydrogens is 200 g/mol. The van der Waals surface area contributed by atoms with E-state index in [4.69, 9.17) is 4.74 Å². The average molecular weight is 218 g/mol. The standard InChI is InChI=1S/C13H18N2O/c1-2-4-11(5-3-1)13-10-15(6-7-16-13)12-8-14-9-12/h1-5,12-14H,6-10H2. The number of nitrogens with one attached hydrogen (secondary N) is 1. The molecule has 1 aromatic carbocycles. The molecule has 1 unspecified atom stereocenters. The normalized spacial score (nSPS) is 27.6. The number of benzene rings is 1. The Kier molecular flexibility index (Phi) is 2.91. The lowest BCUT2D eigenvalue weighted by atomic mass is 10.0. The first-order valence-corrected chi connectivity index (χ1v) is 6.05. The van der Waals surface area contributed by atoms with Crippen molar-refractivity contribution in [3.05, 3.63) is 35.9 Å². The van der Waals surface area contributed by atoms with Crippen LogP contribution in [0.15, 0.2) is 30.3 Å². The van der Waals surface area contributed by atoms with Gasteiger partial charge in [0.05, 0.1) is 12.7 Å². The highest BCUT2D eigenvalue weighted by molar-refractivity contribution is 5.18. The first kappa shape index (κ1) is 10.3. The van der Waals surface area contributed by atoms with E-state index in [1.54, 1.807) is 0 Å². The Morgan fingerprint density at radius 3 is 2.69 bits per heavy atom. The molecule has 0 spiro atoms. The Morgan fingerprint density at radius 1 is 1.19 bits per heavy atom. The SMILES string of the molecule is c1ccc(C2CN(C3CNC3)CCO2)cc1. The molecule has 1 aromatic rings. The largest absolute Gasteiger partial charge is 0.371 e. The minimum absolute atomic E-state index is 0.260. The van der Waals surface area contributed by atoms with Crippen molar-refractivity contribution in [2.24, 2.45) is 0 Å². The maximum Gasteiger partial charge on any atom is 0.0952 e. The Morgan fingerprint density at radius 2 is 2.00 bits per heavy atom. The van der Waals surface area contributed by atoms with Crippen LogP contribution in [-0.4, -0.2) is 43.7 Å². The van der Waals surface area contributed by atoms with E-state index in [1.807, 2.05) is 0 Å². The molecule has 16 heavy (non-hydrogen) atoms. The molecule has 3 heteroatoms. The number of ether oxygens (including phenoxy) is 1. The first-order chi connectivity index (χ1) is 7.93. The third-order valence-corrected chi connectivity index (χ3v) is 3.55. The maximum absolute atomic E-state index is 5.85. The summed E-state index contributed by atoms with van der Waals surface area (Å²) in [7, 11) is 0. The summed E-state index contributed by atoms with van der Waals surface area (Å²) in [6.45, 7) is 5.26. The lowest BCUT2D eigenvalue weighted by molar-refractivity contribution is -0.0521. The first-order valence-electron chi connectivity index (χ1n) is 6.05. The van der Waals surface area contributed by atoms with Crippen LogP contribution in [0.2, 0.25) is 0 Å². The summed E-state index contributed by atoms with van der Waals surface area (Å²) in [5.41, 5.74) is 1.31. The van der Waals surface area contributed by atoms with Gasteiger partial charge in [-0.2, -0.15) is 0 Å². The molecule has 1 atom stereocenters. The Labute approximate surface area is 96.4 Å². The lowest BCUT2D eigenvalue weighted by Gasteiger charge is -2.42. The lowest BCUT2D eigenvalue weighted by Crippen LogP contribution is -2.59. The van der Waals surface area contributed by atoms with Gasteiger partial charge in [0.25, 0.3) is 0 Å². The van der Waals surface area contributed by atoms with Crippen LogP contribution in [-0.2, 0) is 4.74 Å². The summed E-state index contributed by atoms with van der Waals surface area (Å²) in [4.78, 5) is 2.55. The molecule has 1 N–H and O–H groups in total. The van der Waals surface area contributed by atoms with E-state index in [-0.39, 0.29) is 6.10 Å². The van der Waals surface area contributed by atoms with Gasteiger partial charge in [-0.25, -0.2) is 0 Å². The van der Waals surface area contributed by atoms with Crippen molar-refractivity contribution >= 4 is 0 Å². The zero-order valence-corrected chi connectivity index (χ0v) is 9.43. The van der Waals surface area contributed by atoms with Crippen LogP contribution in [0.1, 0.15) is 11.7 Å². The summed E-state index contributed by atoms with van der Waals surface area (Å²) in [6, 6.07) is 11.3. The second-order valence-electron chi connectivity index (χ2n) is 4.58. The van der Waals surface area contributed by atoms with Crippen molar-refractivity contribution in [3.8, 4) is 0 Å². The smallest absolute Gasteiger partial charge is 0.0952 e. The minimum atomic E-state index is 0.260. The van der Waals surface area contributed by atoms with Crippen LogP contribution >= 0.6 is 0 Å². The van der Waals surface area contributed by atoms with Gasteiger partial charge in [-0.1, -0.05) is 30.3 Å². The summed E-state index contributed by atoms with van der Waals surface area (Å²) in [5.74, 6) is 0. The number of rotatable bonds is 2. The molecule has 0 aliphatic carbocycles. The van der Waals surface area contributed by atoms with Gasteiger partial charge < -0.3 is 10.1 Å². The van der Waals surface area contributed by atoms with Crippen LogP contribution < -0.4 is 5.32 Å². The molecule has 0 radical (unpaired) electrons. The molecule has 0 bridgehead atoms. The molecule has 2 fully saturated rings. The van der Waals surface area contributed by atoms with Crippen LogP contribution in [0.25, 0.3) is 0 Å². The Balaban J connectivity index is 1.67. The van der Waals surface area contributed by atoms with Gasteiger partial charge in [0.15, 0.2) is 0 Å². The highest BCUT2D eigenvalue weighted by Gasteiger charge is 2.30. The molecule has 0 amide bonds. The zero-order chi connectivity index (χ0) is 10.8. The molecule has 3 nitrogen and oxygen atoms in total. The van der Waals surface area contributed by atoms with Crippen molar-refractivity contribution in [3.63, 3.8) is 0 Å². The number of hydrogen-bond acceptors (Lipinski definition) is 3. The van der Waals surface area contributed by atoms with Gasteiger partial charge in [0.1, 0.15) is 0 Å². The molecular formula is C13H18N2O. The molecule has 0 saturated carbocycles. The van der Waals surface area contributed by atoms with Gasteiger partial charge >= 0.3 is 0 Å². The van der Waals surface area contributed by atoms with E-state index >= 15 is 0 Å². The van der Waals surface area contributed by atoms with Gasteiger partial charge in [0.2, 0.25) is 0 Å². The van der Waals surface area contributed by atoms with E-state index < -0.39 is 0 Å². The minimum Gasteiger partial charge on any atom is -0.371 e. The number of nitrogens with zero attached hydrogens (tertiary/aromatic N) is 1. The number of hydrogen-bond donors (Lipinski definition) is 1. The quantitative estimate of drug-likeness (QED) is 0.802. The second kappa shape index (κ2) is 4.53. The van der Waals surface area contributed by atoms with Crippen molar-refractivity contribution in [1.82, 2.24) is 10.2 Å². The second-order valence-corrected chi connectivity index (χ2v) is 4.58. The van der Waals surface area contributed by atoms with Gasteiger partial charge in [0, 0.05) is 32.2 Å². The number of morpholine rings is 1. The highest BCUT2D eigenvalue weighted by atomic mass is 16.5. The third kappa shape index (κ3) is 1.98. The Hall–Kier alpha value is -0.900. The molecule has 86 valence electrons. The zero-order valence-electron chi connectivity index (χ0n) is 9.43.